The summed E-state index contributed by atoms with van der Waals surface area (Å²) in [4.78, 5) is 47.8. The molecule has 0 saturated carbocycles. The molecule has 3 heterocycles. The van der Waals surface area contributed by atoms with Crippen LogP contribution in [0, 0.1) is 11.8 Å². The molecule has 212 valence electrons. The molecule has 7 nitrogen and oxygen atoms in total. The standard InChI is InChI=1S/C31H43N3O4S/c1-5-8-12-19-32(17-6-2)29(38)26-31-16-15-30(4,39-31)24(25(31)28(37)34(26)20-21-35)27(36)33(18-7-3)22-23-13-10-9-11-14-23/h6-7,9-11,13-14,24-26,35H,2-3,5,8,12,15-22H2,1,4H3/t24-,25+,26?,30+,31?/m1/s1. The predicted molar refractivity (Wildman–Crippen MR) is 156 cm³/mol. The van der Waals surface area contributed by atoms with E-state index in [0.717, 1.165) is 31.2 Å². The average Bonchev–Trinajstić information content (AvgIpc) is 3.49. The largest absolute Gasteiger partial charge is 0.395 e. The molecule has 0 aromatic heterocycles. The molecule has 2 bridgehead atoms. The van der Waals surface area contributed by atoms with Gasteiger partial charge in [0.2, 0.25) is 17.7 Å². The van der Waals surface area contributed by atoms with Crippen LogP contribution >= 0.6 is 11.8 Å². The lowest BCUT2D eigenvalue weighted by Gasteiger charge is -2.38. The maximum atomic E-state index is 14.3. The van der Waals surface area contributed by atoms with Crippen molar-refractivity contribution in [1.29, 1.82) is 0 Å². The highest BCUT2D eigenvalue weighted by atomic mass is 32.2. The number of hydrogen-bond donors (Lipinski definition) is 1. The molecule has 1 aromatic rings. The van der Waals surface area contributed by atoms with Gasteiger partial charge in [0.15, 0.2) is 0 Å². The highest BCUT2D eigenvalue weighted by molar-refractivity contribution is 8.02. The van der Waals surface area contributed by atoms with Gasteiger partial charge in [0, 0.05) is 37.5 Å². The molecule has 5 atom stereocenters. The van der Waals surface area contributed by atoms with Crippen LogP contribution in [0.3, 0.4) is 0 Å². The SMILES string of the molecule is C=CCN(CCCCC)C(=O)C1N(CCO)C(=O)[C@@H]2[C@H](C(=O)N(CC=C)Cc3ccccc3)[C@]3(C)CCC12S3. The molecule has 3 saturated heterocycles. The van der Waals surface area contributed by atoms with Crippen molar-refractivity contribution < 1.29 is 19.5 Å². The Hall–Kier alpha value is -2.58. The molecule has 2 unspecified atom stereocenters. The summed E-state index contributed by atoms with van der Waals surface area (Å²) in [7, 11) is 0. The first kappa shape index (κ1) is 29.4. The number of amides is 3. The second kappa shape index (κ2) is 12.3. The highest BCUT2D eigenvalue weighted by Crippen LogP contribution is 2.71. The van der Waals surface area contributed by atoms with Crippen molar-refractivity contribution in [2.24, 2.45) is 11.8 Å². The van der Waals surface area contributed by atoms with Gasteiger partial charge in [-0.1, -0.05) is 62.2 Å². The zero-order chi connectivity index (χ0) is 28.2. The van der Waals surface area contributed by atoms with Gasteiger partial charge in [-0.25, -0.2) is 0 Å². The van der Waals surface area contributed by atoms with Crippen molar-refractivity contribution in [1.82, 2.24) is 14.7 Å². The Morgan fingerprint density at radius 1 is 1.10 bits per heavy atom. The molecule has 8 heteroatoms. The number of unbranched alkanes of at least 4 members (excludes halogenated alkanes) is 2. The molecular weight excluding hydrogens is 510 g/mol. The first-order chi connectivity index (χ1) is 18.8. The predicted octanol–water partition coefficient (Wildman–Crippen LogP) is 3.88. The normalized spacial score (nSPS) is 28.8. The van der Waals surface area contributed by atoms with E-state index < -0.39 is 27.4 Å². The zero-order valence-electron chi connectivity index (χ0n) is 23.4. The summed E-state index contributed by atoms with van der Waals surface area (Å²) >= 11 is 1.67. The topological polar surface area (TPSA) is 81.2 Å². The van der Waals surface area contributed by atoms with Gasteiger partial charge < -0.3 is 19.8 Å². The third-order valence-electron chi connectivity index (χ3n) is 8.69. The molecule has 1 aromatic carbocycles. The van der Waals surface area contributed by atoms with Crippen LogP contribution in [0.2, 0.25) is 0 Å². The van der Waals surface area contributed by atoms with Crippen molar-refractivity contribution in [3.63, 3.8) is 0 Å². The summed E-state index contributed by atoms with van der Waals surface area (Å²) in [5.74, 6) is -1.47. The Balaban J connectivity index is 1.70. The number of aliphatic hydroxyl groups is 1. The van der Waals surface area contributed by atoms with E-state index in [1.54, 1.807) is 33.7 Å². The van der Waals surface area contributed by atoms with Crippen LogP contribution in [-0.2, 0) is 20.9 Å². The lowest BCUT2D eigenvalue weighted by molar-refractivity contribution is -0.146. The molecule has 0 radical (unpaired) electrons. The third-order valence-corrected chi connectivity index (χ3v) is 10.7. The second-order valence-electron chi connectivity index (χ2n) is 11.3. The number of nitrogens with zero attached hydrogens (tertiary/aromatic N) is 3. The minimum Gasteiger partial charge on any atom is -0.395 e. The van der Waals surface area contributed by atoms with Gasteiger partial charge in [-0.05, 0) is 31.7 Å². The number of carbonyl (C=O) groups excluding carboxylic acids is 3. The van der Waals surface area contributed by atoms with Crippen molar-refractivity contribution in [2.45, 2.75) is 68.0 Å². The summed E-state index contributed by atoms with van der Waals surface area (Å²) in [6.07, 6.45) is 7.86. The van der Waals surface area contributed by atoms with Gasteiger partial charge >= 0.3 is 0 Å². The van der Waals surface area contributed by atoms with E-state index in [1.807, 2.05) is 35.2 Å². The number of fused-ring (bicyclic) bond motifs is 1. The van der Waals surface area contributed by atoms with Gasteiger partial charge in [0.05, 0.1) is 23.2 Å². The maximum absolute atomic E-state index is 14.3. The van der Waals surface area contributed by atoms with Crippen LogP contribution in [0.25, 0.3) is 0 Å². The summed E-state index contributed by atoms with van der Waals surface area (Å²) < 4.78 is -1.13. The Labute approximate surface area is 237 Å². The van der Waals surface area contributed by atoms with Crippen LogP contribution < -0.4 is 0 Å². The van der Waals surface area contributed by atoms with Gasteiger partial charge in [-0.15, -0.1) is 24.9 Å². The van der Waals surface area contributed by atoms with E-state index in [1.165, 1.54) is 0 Å². The fourth-order valence-electron chi connectivity index (χ4n) is 6.99. The summed E-state index contributed by atoms with van der Waals surface area (Å²) in [5, 5.41) is 9.91. The quantitative estimate of drug-likeness (QED) is 0.279. The number of likely N-dealkylation sites (tertiary alicyclic amines) is 1. The van der Waals surface area contributed by atoms with Gasteiger partial charge in [0.1, 0.15) is 6.04 Å². The van der Waals surface area contributed by atoms with Crippen LogP contribution in [0.5, 0.6) is 0 Å². The number of β-amino-alcohol motifs (C(OH)–C–C–N with tert-alkyl or cyclic N) is 1. The Bertz CT molecular complexity index is 1080. The number of thioether (sulfide) groups is 1. The molecule has 0 aliphatic carbocycles. The minimum atomic E-state index is -0.699. The van der Waals surface area contributed by atoms with Crippen molar-refractivity contribution in [3.05, 3.63) is 61.2 Å². The van der Waals surface area contributed by atoms with E-state index >= 15 is 0 Å². The first-order valence-electron chi connectivity index (χ1n) is 14.2. The van der Waals surface area contributed by atoms with Crippen LogP contribution in [0.15, 0.2) is 55.6 Å². The smallest absolute Gasteiger partial charge is 0.247 e. The van der Waals surface area contributed by atoms with E-state index in [-0.39, 0.29) is 30.9 Å². The molecule has 3 aliphatic rings. The molecule has 3 amide bonds. The zero-order valence-corrected chi connectivity index (χ0v) is 24.2. The fourth-order valence-corrected chi connectivity index (χ4v) is 9.33. The number of aliphatic hydroxyl groups excluding tert-OH is 1. The van der Waals surface area contributed by atoms with E-state index in [4.69, 9.17) is 0 Å². The molecule has 3 fully saturated rings. The number of benzene rings is 1. The minimum absolute atomic E-state index is 0.0587. The van der Waals surface area contributed by atoms with Gasteiger partial charge in [-0.3, -0.25) is 14.4 Å². The maximum Gasteiger partial charge on any atom is 0.247 e. The van der Waals surface area contributed by atoms with Crippen LogP contribution in [0.1, 0.15) is 51.5 Å². The Morgan fingerprint density at radius 3 is 2.44 bits per heavy atom. The first-order valence-corrected chi connectivity index (χ1v) is 15.0. The highest BCUT2D eigenvalue weighted by Gasteiger charge is 2.77. The lowest BCUT2D eigenvalue weighted by Crippen LogP contribution is -2.55. The monoisotopic (exact) mass is 553 g/mol. The summed E-state index contributed by atoms with van der Waals surface area (Å²) in [5.41, 5.74) is 1.02. The van der Waals surface area contributed by atoms with Crippen molar-refractivity contribution >= 4 is 29.5 Å². The number of carbonyl (C=O) groups is 3. The van der Waals surface area contributed by atoms with Gasteiger partial charge in [0.25, 0.3) is 0 Å². The fraction of sp³-hybridized carbons (Fsp3) is 0.581. The van der Waals surface area contributed by atoms with Crippen LogP contribution in [0.4, 0.5) is 0 Å². The summed E-state index contributed by atoms with van der Waals surface area (Å²) in [6, 6.07) is 9.14. The molecule has 39 heavy (non-hydrogen) atoms. The molecule has 4 rings (SSSR count). The Morgan fingerprint density at radius 2 is 1.79 bits per heavy atom. The van der Waals surface area contributed by atoms with Crippen LogP contribution in [-0.4, -0.2) is 85.8 Å². The molecule has 3 aliphatic heterocycles. The molecule has 1 spiro atoms. The summed E-state index contributed by atoms with van der Waals surface area (Å²) in [6.45, 7) is 13.6. The lowest BCUT2D eigenvalue weighted by atomic mass is 9.66. The van der Waals surface area contributed by atoms with Crippen molar-refractivity contribution in [2.75, 3.05) is 32.8 Å². The second-order valence-corrected chi connectivity index (χ2v) is 13.2. The molecular formula is C31H43N3O4S. The van der Waals surface area contributed by atoms with E-state index in [2.05, 4.69) is 27.0 Å². The van der Waals surface area contributed by atoms with E-state index in [9.17, 15) is 19.5 Å². The van der Waals surface area contributed by atoms with Gasteiger partial charge in [-0.2, -0.15) is 0 Å². The van der Waals surface area contributed by atoms with Crippen molar-refractivity contribution in [3.8, 4) is 0 Å². The number of hydrogen-bond acceptors (Lipinski definition) is 5. The number of rotatable bonds is 14. The molecule has 1 N–H and O–H groups in total. The third kappa shape index (κ3) is 5.30. The van der Waals surface area contributed by atoms with E-state index in [0.29, 0.717) is 32.6 Å². The average molecular weight is 554 g/mol. The Kier molecular flexibility index (Phi) is 9.27.